The first-order chi connectivity index (χ1) is 9.47. The minimum Gasteiger partial charge on any atom is -0.491 e. The van der Waals surface area contributed by atoms with E-state index in [2.05, 4.69) is 9.47 Å². The predicted molar refractivity (Wildman–Crippen MR) is 65.4 cm³/mol. The van der Waals surface area contributed by atoms with Crippen LogP contribution in [0.5, 0.6) is 5.75 Å². The second-order valence-corrected chi connectivity index (χ2v) is 4.37. The van der Waals surface area contributed by atoms with Crippen molar-refractivity contribution in [2.45, 2.75) is 6.42 Å². The van der Waals surface area contributed by atoms with Gasteiger partial charge in [-0.15, -0.1) is 0 Å². The lowest BCUT2D eigenvalue weighted by molar-refractivity contribution is -0.145. The smallest absolute Gasteiger partial charge is 0.311 e. The number of carbonyl (C=O) groups excluding carboxylic acids is 2. The zero-order chi connectivity index (χ0) is 14.9. The summed E-state index contributed by atoms with van der Waals surface area (Å²) in [7, 11) is 2.37. The number of ether oxygens (including phenoxy) is 2. The summed E-state index contributed by atoms with van der Waals surface area (Å²) in [4.78, 5) is 24.4. The molecule has 0 saturated carbocycles. The fourth-order valence-corrected chi connectivity index (χ4v) is 2.18. The number of carbonyl (C=O) groups is 2. The van der Waals surface area contributed by atoms with Gasteiger partial charge in [-0.05, 0) is 0 Å². The quantitative estimate of drug-likeness (QED) is 0.790. The molecule has 0 spiro atoms. The van der Waals surface area contributed by atoms with Crippen molar-refractivity contribution in [1.29, 1.82) is 0 Å². The van der Waals surface area contributed by atoms with Crippen molar-refractivity contribution in [1.82, 2.24) is 0 Å². The second-order valence-electron chi connectivity index (χ2n) is 4.37. The van der Waals surface area contributed by atoms with E-state index in [0.717, 1.165) is 24.1 Å². The summed E-state index contributed by atoms with van der Waals surface area (Å²) in [5.74, 6) is -3.85. The number of hydrogen-bond acceptors (Lipinski definition) is 4. The van der Waals surface area contributed by atoms with Gasteiger partial charge in [0.25, 0.3) is 0 Å². The van der Waals surface area contributed by atoms with Crippen molar-refractivity contribution >= 4 is 17.6 Å². The normalized spacial score (nSPS) is 18.3. The number of esters is 1. The van der Waals surface area contributed by atoms with E-state index in [9.17, 15) is 18.4 Å². The van der Waals surface area contributed by atoms with Gasteiger partial charge in [-0.3, -0.25) is 9.59 Å². The van der Waals surface area contributed by atoms with Crippen molar-refractivity contribution in [3.8, 4) is 5.75 Å². The molecule has 1 aliphatic heterocycles. The van der Waals surface area contributed by atoms with E-state index >= 15 is 0 Å². The van der Waals surface area contributed by atoms with Crippen LogP contribution in [-0.4, -0.2) is 32.6 Å². The molecule has 1 amide bonds. The van der Waals surface area contributed by atoms with Crippen LogP contribution in [0.25, 0.3) is 0 Å². The summed E-state index contributed by atoms with van der Waals surface area (Å²) in [6.45, 7) is 0.0384. The maximum absolute atomic E-state index is 13.6. The largest absolute Gasteiger partial charge is 0.491 e. The molecule has 1 aliphatic rings. The molecule has 7 heteroatoms. The van der Waals surface area contributed by atoms with E-state index in [1.807, 2.05) is 0 Å². The van der Waals surface area contributed by atoms with E-state index in [-0.39, 0.29) is 24.6 Å². The topological polar surface area (TPSA) is 55.8 Å². The highest BCUT2D eigenvalue weighted by Gasteiger charge is 2.36. The maximum Gasteiger partial charge on any atom is 0.311 e. The minimum atomic E-state index is -0.906. The van der Waals surface area contributed by atoms with E-state index < -0.39 is 29.3 Å². The van der Waals surface area contributed by atoms with E-state index in [4.69, 9.17) is 0 Å². The first kappa shape index (κ1) is 14.2. The molecule has 5 nitrogen and oxygen atoms in total. The van der Waals surface area contributed by atoms with Gasteiger partial charge >= 0.3 is 5.97 Å². The van der Waals surface area contributed by atoms with Crippen molar-refractivity contribution in [2.75, 3.05) is 25.7 Å². The Balaban J connectivity index is 2.29. The Morgan fingerprint density at radius 1 is 1.30 bits per heavy atom. The van der Waals surface area contributed by atoms with Gasteiger partial charge in [0.2, 0.25) is 5.91 Å². The number of rotatable bonds is 3. The summed E-state index contributed by atoms with van der Waals surface area (Å²) in [5.41, 5.74) is 0.0530. The molecule has 0 bridgehead atoms. The lowest BCUT2D eigenvalue weighted by Crippen LogP contribution is -2.26. The van der Waals surface area contributed by atoms with Crippen LogP contribution < -0.4 is 9.64 Å². The monoisotopic (exact) mass is 285 g/mol. The maximum atomic E-state index is 13.6. The van der Waals surface area contributed by atoms with E-state index in [1.165, 1.54) is 7.11 Å². The van der Waals surface area contributed by atoms with Gasteiger partial charge in [0, 0.05) is 30.8 Å². The second kappa shape index (κ2) is 5.44. The Bertz CT molecular complexity index is 538. The van der Waals surface area contributed by atoms with Crippen molar-refractivity contribution in [3.63, 3.8) is 0 Å². The molecule has 1 fully saturated rings. The molecular weight excluding hydrogens is 272 g/mol. The summed E-state index contributed by atoms with van der Waals surface area (Å²) < 4.78 is 36.4. The van der Waals surface area contributed by atoms with Crippen LogP contribution in [0, 0.1) is 17.6 Å². The number of anilines is 1. The van der Waals surface area contributed by atoms with Gasteiger partial charge in [0.15, 0.2) is 17.4 Å². The van der Waals surface area contributed by atoms with Gasteiger partial charge in [-0.25, -0.2) is 8.78 Å². The van der Waals surface area contributed by atoms with Gasteiger partial charge in [-0.1, -0.05) is 0 Å². The molecule has 1 atom stereocenters. The third kappa shape index (κ3) is 2.43. The first-order valence-electron chi connectivity index (χ1n) is 5.89. The summed E-state index contributed by atoms with van der Waals surface area (Å²) in [6.07, 6.45) is -0.0397. The predicted octanol–water partition coefficient (Wildman–Crippen LogP) is 1.50. The average Bonchev–Trinajstić information content (AvgIpc) is 2.79. The highest BCUT2D eigenvalue weighted by molar-refractivity contribution is 5.99. The molecule has 1 unspecified atom stereocenters. The van der Waals surface area contributed by atoms with Crippen molar-refractivity contribution in [3.05, 3.63) is 23.8 Å². The van der Waals surface area contributed by atoms with Crippen LogP contribution in [0.3, 0.4) is 0 Å². The molecule has 20 heavy (non-hydrogen) atoms. The number of halogens is 2. The Morgan fingerprint density at radius 3 is 2.40 bits per heavy atom. The molecule has 0 N–H and O–H groups in total. The third-order valence-electron chi connectivity index (χ3n) is 3.16. The van der Waals surface area contributed by atoms with Crippen LogP contribution in [-0.2, 0) is 14.3 Å². The molecular formula is C13H13F2NO4. The molecule has 0 radical (unpaired) electrons. The Hall–Kier alpha value is -2.18. The van der Waals surface area contributed by atoms with Crippen LogP contribution in [0.4, 0.5) is 14.5 Å². The molecule has 1 aromatic carbocycles. The van der Waals surface area contributed by atoms with Crippen molar-refractivity contribution < 1.29 is 27.8 Å². The zero-order valence-electron chi connectivity index (χ0n) is 11.0. The first-order valence-corrected chi connectivity index (χ1v) is 5.89. The number of nitrogens with zero attached hydrogens (tertiary/aromatic N) is 1. The summed E-state index contributed by atoms with van der Waals surface area (Å²) >= 11 is 0. The highest BCUT2D eigenvalue weighted by atomic mass is 19.1. The number of benzene rings is 1. The number of methoxy groups -OCH3 is 2. The lowest BCUT2D eigenvalue weighted by atomic mass is 10.1. The number of amides is 1. The van der Waals surface area contributed by atoms with E-state index in [0.29, 0.717) is 0 Å². The standard InChI is InChI=1S/C13H13F2NO4/c1-19-12-9(14)4-8(5-10(12)15)16-6-7(3-11(16)17)13(18)20-2/h4-5,7H,3,6H2,1-2H3. The van der Waals surface area contributed by atoms with Crippen molar-refractivity contribution in [2.24, 2.45) is 5.92 Å². The lowest BCUT2D eigenvalue weighted by Gasteiger charge is -2.17. The molecule has 1 saturated heterocycles. The highest BCUT2D eigenvalue weighted by Crippen LogP contribution is 2.31. The Morgan fingerprint density at radius 2 is 1.90 bits per heavy atom. The molecule has 1 heterocycles. The minimum absolute atomic E-state index is 0.0384. The molecule has 0 aromatic heterocycles. The van der Waals surface area contributed by atoms with E-state index in [1.54, 1.807) is 0 Å². The molecule has 1 aromatic rings. The summed E-state index contributed by atoms with van der Waals surface area (Å²) in [6, 6.07) is 2.00. The van der Waals surface area contributed by atoms with Crippen LogP contribution >= 0.6 is 0 Å². The zero-order valence-corrected chi connectivity index (χ0v) is 11.0. The average molecular weight is 285 g/mol. The number of hydrogen-bond donors (Lipinski definition) is 0. The SMILES string of the molecule is COC(=O)C1CC(=O)N(c2cc(F)c(OC)c(F)c2)C1. The van der Waals surface area contributed by atoms with Gasteiger partial charge in [0.05, 0.1) is 20.1 Å². The molecule has 0 aliphatic carbocycles. The Labute approximate surface area is 114 Å². The molecule has 2 rings (SSSR count). The Kier molecular flexibility index (Phi) is 3.87. The molecule has 108 valence electrons. The fraction of sp³-hybridized carbons (Fsp3) is 0.385. The van der Waals surface area contributed by atoms with Crippen LogP contribution in [0.15, 0.2) is 12.1 Å². The fourth-order valence-electron chi connectivity index (χ4n) is 2.18. The third-order valence-corrected chi connectivity index (χ3v) is 3.16. The van der Waals surface area contributed by atoms with Gasteiger partial charge in [0.1, 0.15) is 0 Å². The van der Waals surface area contributed by atoms with Gasteiger partial charge in [-0.2, -0.15) is 0 Å². The van der Waals surface area contributed by atoms with Crippen LogP contribution in [0.1, 0.15) is 6.42 Å². The van der Waals surface area contributed by atoms with Crippen LogP contribution in [0.2, 0.25) is 0 Å². The summed E-state index contributed by atoms with van der Waals surface area (Å²) in [5, 5.41) is 0. The van der Waals surface area contributed by atoms with Gasteiger partial charge < -0.3 is 14.4 Å².